The zero-order valence-corrected chi connectivity index (χ0v) is 9.77. The van der Waals surface area contributed by atoms with E-state index in [4.69, 9.17) is 0 Å². The van der Waals surface area contributed by atoms with Gasteiger partial charge in [-0.3, -0.25) is 4.90 Å². The molecule has 1 saturated heterocycles. The van der Waals surface area contributed by atoms with E-state index in [1.54, 1.807) is 0 Å². The molecule has 4 nitrogen and oxygen atoms in total. The summed E-state index contributed by atoms with van der Waals surface area (Å²) in [4.78, 5) is 6.66. The fourth-order valence-corrected chi connectivity index (χ4v) is 2.06. The topological polar surface area (TPSA) is 33.1 Å². The zero-order valence-electron chi connectivity index (χ0n) is 9.77. The highest BCUT2D eigenvalue weighted by molar-refractivity contribution is 4.98. The van der Waals surface area contributed by atoms with Crippen molar-refractivity contribution in [2.24, 2.45) is 7.05 Å². The van der Waals surface area contributed by atoms with Crippen LogP contribution in [0.25, 0.3) is 0 Å². The SMILES string of the molecule is CC1CN(Cc2cncn2C)C(C)CN1. The molecule has 0 aliphatic carbocycles. The van der Waals surface area contributed by atoms with Crippen molar-refractivity contribution in [2.45, 2.75) is 32.5 Å². The molecule has 0 aromatic carbocycles. The predicted molar refractivity (Wildman–Crippen MR) is 60.5 cm³/mol. The maximum absolute atomic E-state index is 4.15. The number of hydrogen-bond acceptors (Lipinski definition) is 3. The lowest BCUT2D eigenvalue weighted by Gasteiger charge is -2.37. The fourth-order valence-electron chi connectivity index (χ4n) is 2.06. The molecule has 84 valence electrons. The van der Waals surface area contributed by atoms with E-state index in [1.807, 2.05) is 12.5 Å². The highest BCUT2D eigenvalue weighted by Crippen LogP contribution is 2.11. The zero-order chi connectivity index (χ0) is 10.8. The molecular weight excluding hydrogens is 188 g/mol. The largest absolute Gasteiger partial charge is 0.337 e. The number of hydrogen-bond donors (Lipinski definition) is 1. The van der Waals surface area contributed by atoms with Crippen molar-refractivity contribution in [1.29, 1.82) is 0 Å². The van der Waals surface area contributed by atoms with E-state index < -0.39 is 0 Å². The van der Waals surface area contributed by atoms with Gasteiger partial charge in [0.1, 0.15) is 0 Å². The van der Waals surface area contributed by atoms with Gasteiger partial charge in [0, 0.05) is 45.0 Å². The number of nitrogens with one attached hydrogen (secondary N) is 1. The first-order valence-electron chi connectivity index (χ1n) is 5.59. The van der Waals surface area contributed by atoms with Crippen LogP contribution < -0.4 is 5.32 Å². The van der Waals surface area contributed by atoms with Crippen molar-refractivity contribution in [3.05, 3.63) is 18.2 Å². The van der Waals surface area contributed by atoms with Crippen LogP contribution in [0.1, 0.15) is 19.5 Å². The maximum Gasteiger partial charge on any atom is 0.0945 e. The Bertz CT molecular complexity index is 320. The van der Waals surface area contributed by atoms with Gasteiger partial charge in [-0.05, 0) is 13.8 Å². The standard InChI is InChI=1S/C11H20N4/c1-9-6-15(10(2)4-13-9)7-11-5-12-8-14(11)3/h5,8-10,13H,4,6-7H2,1-3H3. The molecule has 1 aromatic rings. The third-order valence-corrected chi connectivity index (χ3v) is 3.17. The quantitative estimate of drug-likeness (QED) is 0.772. The van der Waals surface area contributed by atoms with Gasteiger partial charge in [-0.15, -0.1) is 0 Å². The van der Waals surface area contributed by atoms with Gasteiger partial charge in [0.25, 0.3) is 0 Å². The van der Waals surface area contributed by atoms with Gasteiger partial charge in [0.15, 0.2) is 0 Å². The number of aryl methyl sites for hydroxylation is 1. The lowest BCUT2D eigenvalue weighted by atomic mass is 10.1. The van der Waals surface area contributed by atoms with Crippen molar-refractivity contribution in [3.63, 3.8) is 0 Å². The second kappa shape index (κ2) is 4.33. The third-order valence-electron chi connectivity index (χ3n) is 3.17. The lowest BCUT2D eigenvalue weighted by molar-refractivity contribution is 0.136. The van der Waals surface area contributed by atoms with Gasteiger partial charge < -0.3 is 9.88 Å². The summed E-state index contributed by atoms with van der Waals surface area (Å²) in [5.74, 6) is 0. The molecule has 2 heterocycles. The van der Waals surface area contributed by atoms with Crippen LogP contribution in [0, 0.1) is 0 Å². The van der Waals surface area contributed by atoms with Crippen LogP contribution in [0.5, 0.6) is 0 Å². The summed E-state index contributed by atoms with van der Waals surface area (Å²) < 4.78 is 2.10. The molecule has 1 fully saturated rings. The Kier molecular flexibility index (Phi) is 3.07. The van der Waals surface area contributed by atoms with E-state index in [-0.39, 0.29) is 0 Å². The van der Waals surface area contributed by atoms with Crippen molar-refractivity contribution in [1.82, 2.24) is 19.8 Å². The van der Waals surface area contributed by atoms with Crippen molar-refractivity contribution >= 4 is 0 Å². The molecule has 0 bridgehead atoms. The fraction of sp³-hybridized carbons (Fsp3) is 0.727. The minimum absolute atomic E-state index is 0.592. The predicted octanol–water partition coefficient (Wildman–Crippen LogP) is 0.602. The molecule has 0 saturated carbocycles. The Morgan fingerprint density at radius 2 is 2.33 bits per heavy atom. The second-order valence-electron chi connectivity index (χ2n) is 4.58. The molecule has 0 spiro atoms. The van der Waals surface area contributed by atoms with Crippen LogP contribution in [0.15, 0.2) is 12.5 Å². The summed E-state index contributed by atoms with van der Waals surface area (Å²) in [7, 11) is 2.05. The molecule has 15 heavy (non-hydrogen) atoms. The van der Waals surface area contributed by atoms with E-state index in [2.05, 4.69) is 40.7 Å². The Morgan fingerprint density at radius 3 is 3.00 bits per heavy atom. The molecule has 1 N–H and O–H groups in total. The van der Waals surface area contributed by atoms with E-state index in [9.17, 15) is 0 Å². The van der Waals surface area contributed by atoms with E-state index in [0.717, 1.165) is 19.6 Å². The van der Waals surface area contributed by atoms with Gasteiger partial charge in [-0.1, -0.05) is 0 Å². The summed E-state index contributed by atoms with van der Waals surface area (Å²) in [6, 6.07) is 1.20. The van der Waals surface area contributed by atoms with Crippen LogP contribution >= 0.6 is 0 Å². The number of piperazine rings is 1. The molecule has 2 atom stereocenters. The van der Waals surface area contributed by atoms with E-state index in [0.29, 0.717) is 12.1 Å². The highest BCUT2D eigenvalue weighted by atomic mass is 15.2. The number of aromatic nitrogens is 2. The summed E-state index contributed by atoms with van der Waals surface area (Å²) in [5, 5.41) is 3.49. The summed E-state index contributed by atoms with van der Waals surface area (Å²) in [6.07, 6.45) is 3.82. The van der Waals surface area contributed by atoms with Crippen LogP contribution in [-0.4, -0.2) is 39.6 Å². The Labute approximate surface area is 91.3 Å². The molecule has 1 aliphatic heterocycles. The minimum Gasteiger partial charge on any atom is -0.337 e. The van der Waals surface area contributed by atoms with E-state index >= 15 is 0 Å². The van der Waals surface area contributed by atoms with Gasteiger partial charge in [-0.2, -0.15) is 0 Å². The molecule has 1 aliphatic rings. The normalized spacial score (nSPS) is 28.2. The van der Waals surface area contributed by atoms with Crippen molar-refractivity contribution < 1.29 is 0 Å². The van der Waals surface area contributed by atoms with Gasteiger partial charge >= 0.3 is 0 Å². The summed E-state index contributed by atoms with van der Waals surface area (Å²) >= 11 is 0. The molecule has 0 radical (unpaired) electrons. The van der Waals surface area contributed by atoms with Gasteiger partial charge in [0.05, 0.1) is 12.0 Å². The Balaban J connectivity index is 2.01. The van der Waals surface area contributed by atoms with Crippen LogP contribution in [-0.2, 0) is 13.6 Å². The summed E-state index contributed by atoms with van der Waals surface area (Å²) in [6.45, 7) is 7.71. The monoisotopic (exact) mass is 208 g/mol. The van der Waals surface area contributed by atoms with Crippen molar-refractivity contribution in [3.8, 4) is 0 Å². The average molecular weight is 208 g/mol. The molecule has 0 amide bonds. The molecule has 2 unspecified atom stereocenters. The van der Waals surface area contributed by atoms with E-state index in [1.165, 1.54) is 5.69 Å². The number of nitrogens with zero attached hydrogens (tertiary/aromatic N) is 3. The van der Waals surface area contributed by atoms with Crippen LogP contribution in [0.4, 0.5) is 0 Å². The number of rotatable bonds is 2. The first-order chi connectivity index (χ1) is 7.16. The van der Waals surface area contributed by atoms with Crippen LogP contribution in [0.2, 0.25) is 0 Å². The van der Waals surface area contributed by atoms with Gasteiger partial charge in [-0.25, -0.2) is 4.98 Å². The molecule has 1 aromatic heterocycles. The molecule has 4 heteroatoms. The Hall–Kier alpha value is -0.870. The number of imidazole rings is 1. The molecular formula is C11H20N4. The maximum atomic E-state index is 4.15. The lowest BCUT2D eigenvalue weighted by Crippen LogP contribution is -2.53. The smallest absolute Gasteiger partial charge is 0.0945 e. The van der Waals surface area contributed by atoms with Crippen LogP contribution in [0.3, 0.4) is 0 Å². The molecule has 2 rings (SSSR count). The highest BCUT2D eigenvalue weighted by Gasteiger charge is 2.22. The first kappa shape index (κ1) is 10.6. The summed E-state index contributed by atoms with van der Waals surface area (Å²) in [5.41, 5.74) is 1.29. The van der Waals surface area contributed by atoms with Gasteiger partial charge in [0.2, 0.25) is 0 Å². The van der Waals surface area contributed by atoms with Crippen molar-refractivity contribution in [2.75, 3.05) is 13.1 Å². The minimum atomic E-state index is 0.592. The first-order valence-corrected chi connectivity index (χ1v) is 5.59. The second-order valence-corrected chi connectivity index (χ2v) is 4.58. The Morgan fingerprint density at radius 1 is 1.53 bits per heavy atom. The third kappa shape index (κ3) is 2.38. The average Bonchev–Trinajstić information content (AvgIpc) is 2.58.